The lowest BCUT2D eigenvalue weighted by molar-refractivity contribution is 0.0978. The van der Waals surface area contributed by atoms with Crippen LogP contribution < -0.4 is 0 Å². The lowest BCUT2D eigenvalue weighted by Crippen LogP contribution is -2.12. The maximum atomic E-state index is 13.2. The summed E-state index contributed by atoms with van der Waals surface area (Å²) in [4.78, 5) is 12.3. The Labute approximate surface area is 119 Å². The van der Waals surface area contributed by atoms with Crippen LogP contribution in [0.2, 0.25) is 0 Å². The summed E-state index contributed by atoms with van der Waals surface area (Å²) in [7, 11) is 0. The molecule has 0 aromatic heterocycles. The van der Waals surface area contributed by atoms with Crippen molar-refractivity contribution in [2.75, 3.05) is 0 Å². The fourth-order valence-corrected chi connectivity index (χ4v) is 1.99. The zero-order chi connectivity index (χ0) is 15.6. The van der Waals surface area contributed by atoms with Gasteiger partial charge in [0, 0.05) is 11.6 Å². The SMILES string of the molecule is Cc1cc(C(=O)C(C#N)c2cc(F)cc(F)c2)ccc1F. The van der Waals surface area contributed by atoms with Gasteiger partial charge in [-0.3, -0.25) is 4.79 Å². The van der Waals surface area contributed by atoms with Crippen molar-refractivity contribution in [3.05, 3.63) is 70.5 Å². The average Bonchev–Trinajstić information content (AvgIpc) is 2.41. The molecule has 0 saturated heterocycles. The Bertz CT molecular complexity index is 729. The van der Waals surface area contributed by atoms with Crippen molar-refractivity contribution in [1.82, 2.24) is 0 Å². The number of ketones is 1. The van der Waals surface area contributed by atoms with E-state index in [0.717, 1.165) is 18.2 Å². The van der Waals surface area contributed by atoms with E-state index in [1.807, 2.05) is 0 Å². The maximum Gasteiger partial charge on any atom is 0.184 e. The number of carbonyl (C=O) groups is 1. The molecule has 0 fully saturated rings. The third-order valence-electron chi connectivity index (χ3n) is 3.05. The van der Waals surface area contributed by atoms with E-state index < -0.39 is 29.2 Å². The Balaban J connectivity index is 2.43. The number of carbonyl (C=O) groups excluding carboxylic acids is 1. The number of aryl methyl sites for hydroxylation is 1. The third kappa shape index (κ3) is 3.11. The molecule has 1 unspecified atom stereocenters. The Hall–Kier alpha value is -2.61. The first-order valence-corrected chi connectivity index (χ1v) is 6.08. The van der Waals surface area contributed by atoms with E-state index in [9.17, 15) is 18.0 Å². The van der Waals surface area contributed by atoms with E-state index in [0.29, 0.717) is 6.07 Å². The second kappa shape index (κ2) is 5.80. The monoisotopic (exact) mass is 289 g/mol. The van der Waals surface area contributed by atoms with Crippen LogP contribution in [0.25, 0.3) is 0 Å². The fourth-order valence-electron chi connectivity index (χ4n) is 1.99. The normalized spacial score (nSPS) is 11.8. The number of nitriles is 1. The minimum absolute atomic E-state index is 0.0676. The van der Waals surface area contributed by atoms with Crippen molar-refractivity contribution >= 4 is 5.78 Å². The lowest BCUT2D eigenvalue weighted by Gasteiger charge is -2.10. The first-order valence-electron chi connectivity index (χ1n) is 6.08. The summed E-state index contributed by atoms with van der Waals surface area (Å²) in [5.74, 6) is -4.19. The maximum absolute atomic E-state index is 13.2. The molecule has 0 bridgehead atoms. The summed E-state index contributed by atoms with van der Waals surface area (Å²) in [6, 6.07) is 7.92. The molecule has 0 radical (unpaired) electrons. The number of hydrogen-bond donors (Lipinski definition) is 0. The third-order valence-corrected chi connectivity index (χ3v) is 3.05. The van der Waals surface area contributed by atoms with Gasteiger partial charge in [0.05, 0.1) is 6.07 Å². The number of Topliss-reactive ketones (excluding diaryl/α,β-unsaturated/α-hetero) is 1. The van der Waals surface area contributed by atoms with Crippen molar-refractivity contribution in [1.29, 1.82) is 5.26 Å². The summed E-state index contributed by atoms with van der Waals surface area (Å²) in [5.41, 5.74) is 0.301. The molecule has 2 aromatic carbocycles. The van der Waals surface area contributed by atoms with Crippen LogP contribution in [0, 0.1) is 35.7 Å². The van der Waals surface area contributed by atoms with Gasteiger partial charge in [-0.25, -0.2) is 13.2 Å². The molecule has 0 spiro atoms. The van der Waals surface area contributed by atoms with Gasteiger partial charge in [-0.15, -0.1) is 0 Å². The van der Waals surface area contributed by atoms with E-state index >= 15 is 0 Å². The van der Waals surface area contributed by atoms with Crippen LogP contribution in [-0.4, -0.2) is 5.78 Å². The second-order valence-corrected chi connectivity index (χ2v) is 4.59. The molecule has 106 valence electrons. The van der Waals surface area contributed by atoms with Crippen molar-refractivity contribution in [3.8, 4) is 6.07 Å². The van der Waals surface area contributed by atoms with Gasteiger partial charge < -0.3 is 0 Å². The highest BCUT2D eigenvalue weighted by atomic mass is 19.1. The standard InChI is InChI=1S/C16H10F3NO/c1-9-4-10(2-3-15(9)19)16(21)14(8-20)11-5-12(17)7-13(18)6-11/h2-7,14H,1H3. The van der Waals surface area contributed by atoms with Crippen LogP contribution in [-0.2, 0) is 0 Å². The molecule has 0 aliphatic carbocycles. The van der Waals surface area contributed by atoms with E-state index in [2.05, 4.69) is 0 Å². The van der Waals surface area contributed by atoms with Crippen LogP contribution >= 0.6 is 0 Å². The molecule has 2 aromatic rings. The number of benzene rings is 2. The van der Waals surface area contributed by atoms with Crippen LogP contribution in [0.4, 0.5) is 13.2 Å². The molecule has 2 rings (SSSR count). The highest BCUT2D eigenvalue weighted by Crippen LogP contribution is 2.23. The van der Waals surface area contributed by atoms with Gasteiger partial charge in [-0.1, -0.05) is 0 Å². The zero-order valence-corrected chi connectivity index (χ0v) is 11.0. The predicted molar refractivity (Wildman–Crippen MR) is 70.2 cm³/mol. The van der Waals surface area contributed by atoms with Gasteiger partial charge >= 0.3 is 0 Å². The molecule has 2 nitrogen and oxygen atoms in total. The smallest absolute Gasteiger partial charge is 0.184 e. The van der Waals surface area contributed by atoms with Gasteiger partial charge in [-0.2, -0.15) is 5.26 Å². The van der Waals surface area contributed by atoms with E-state index in [4.69, 9.17) is 5.26 Å². The molecule has 0 aliphatic heterocycles. The second-order valence-electron chi connectivity index (χ2n) is 4.59. The topological polar surface area (TPSA) is 40.9 Å². The Morgan fingerprint density at radius 1 is 1.10 bits per heavy atom. The van der Waals surface area contributed by atoms with Crippen LogP contribution in [0.3, 0.4) is 0 Å². The molecule has 0 saturated carbocycles. The van der Waals surface area contributed by atoms with E-state index in [-0.39, 0.29) is 16.7 Å². The molecule has 1 atom stereocenters. The zero-order valence-electron chi connectivity index (χ0n) is 11.0. The van der Waals surface area contributed by atoms with Crippen molar-refractivity contribution in [3.63, 3.8) is 0 Å². The van der Waals surface area contributed by atoms with Crippen LogP contribution in [0.15, 0.2) is 36.4 Å². The summed E-state index contributed by atoms with van der Waals surface area (Å²) in [6.45, 7) is 1.48. The minimum Gasteiger partial charge on any atom is -0.292 e. The molecule has 0 aliphatic rings. The van der Waals surface area contributed by atoms with Gasteiger partial charge in [0.2, 0.25) is 0 Å². The average molecular weight is 289 g/mol. The fraction of sp³-hybridized carbons (Fsp3) is 0.125. The van der Waals surface area contributed by atoms with Crippen LogP contribution in [0.5, 0.6) is 0 Å². The summed E-state index contributed by atoms with van der Waals surface area (Å²) >= 11 is 0. The minimum atomic E-state index is -1.35. The molecule has 0 N–H and O–H groups in total. The number of hydrogen-bond acceptors (Lipinski definition) is 2. The van der Waals surface area contributed by atoms with Gasteiger partial charge in [-0.05, 0) is 48.4 Å². The lowest BCUT2D eigenvalue weighted by atomic mass is 9.91. The van der Waals surface area contributed by atoms with Gasteiger partial charge in [0.25, 0.3) is 0 Å². The summed E-state index contributed by atoms with van der Waals surface area (Å²) in [6.07, 6.45) is 0. The first-order chi connectivity index (χ1) is 9.92. The van der Waals surface area contributed by atoms with E-state index in [1.54, 1.807) is 6.07 Å². The highest BCUT2D eigenvalue weighted by Gasteiger charge is 2.23. The van der Waals surface area contributed by atoms with Crippen molar-refractivity contribution in [2.45, 2.75) is 12.8 Å². The number of rotatable bonds is 3. The molecule has 21 heavy (non-hydrogen) atoms. The first kappa shape index (κ1) is 14.8. The quantitative estimate of drug-likeness (QED) is 0.804. The number of nitrogens with zero attached hydrogens (tertiary/aromatic N) is 1. The predicted octanol–water partition coefficient (Wildman–Crippen LogP) is 3.90. The van der Waals surface area contributed by atoms with Crippen molar-refractivity contribution in [2.24, 2.45) is 0 Å². The molecular formula is C16H10F3NO. The summed E-state index contributed by atoms with van der Waals surface area (Å²) < 4.78 is 39.6. The molecular weight excluding hydrogens is 279 g/mol. The molecule has 0 amide bonds. The Kier molecular flexibility index (Phi) is 4.08. The highest BCUT2D eigenvalue weighted by molar-refractivity contribution is 6.02. The Morgan fingerprint density at radius 2 is 1.71 bits per heavy atom. The largest absolute Gasteiger partial charge is 0.292 e. The van der Waals surface area contributed by atoms with E-state index in [1.165, 1.54) is 19.1 Å². The summed E-state index contributed by atoms with van der Waals surface area (Å²) in [5, 5.41) is 9.13. The Morgan fingerprint density at radius 3 is 2.24 bits per heavy atom. The molecule has 0 heterocycles. The van der Waals surface area contributed by atoms with Crippen molar-refractivity contribution < 1.29 is 18.0 Å². The molecule has 5 heteroatoms. The van der Waals surface area contributed by atoms with Gasteiger partial charge in [0.1, 0.15) is 23.4 Å². The van der Waals surface area contributed by atoms with Gasteiger partial charge in [0.15, 0.2) is 5.78 Å². The van der Waals surface area contributed by atoms with Crippen LogP contribution in [0.1, 0.15) is 27.4 Å². The number of halogens is 3.